The Morgan fingerprint density at radius 3 is 2.55 bits per heavy atom. The fraction of sp³-hybridized carbons (Fsp3) is 0.333. The molecular formula is C15H16BrN2O2+. The van der Waals surface area contributed by atoms with E-state index in [9.17, 15) is 10.1 Å². The highest BCUT2D eigenvalue weighted by atomic mass is 79.9. The summed E-state index contributed by atoms with van der Waals surface area (Å²) in [5, 5.41) is 10.3. The summed E-state index contributed by atoms with van der Waals surface area (Å²) in [4.78, 5) is 12.7. The van der Waals surface area contributed by atoms with Gasteiger partial charge in [-0.2, -0.15) is 4.73 Å². The molecule has 0 atom stereocenters. The largest absolute Gasteiger partial charge is 0.428 e. The molecule has 1 aromatic heterocycles. The summed E-state index contributed by atoms with van der Waals surface area (Å²) in [6, 6.07) is 7.57. The molecule has 1 N–H and O–H groups in total. The molecule has 3 rings (SSSR count). The summed E-state index contributed by atoms with van der Waals surface area (Å²) in [5.74, 6) is 0. The Labute approximate surface area is 125 Å². The van der Waals surface area contributed by atoms with Crippen molar-refractivity contribution in [2.24, 2.45) is 0 Å². The average molecular weight is 336 g/mol. The quantitative estimate of drug-likeness (QED) is 0.642. The van der Waals surface area contributed by atoms with Gasteiger partial charge in [-0.25, -0.2) is 0 Å². The van der Waals surface area contributed by atoms with Crippen molar-refractivity contribution < 1.29 is 9.63 Å². The Hall–Kier alpha value is -1.62. The van der Waals surface area contributed by atoms with Crippen LogP contribution in [-0.4, -0.2) is 9.94 Å². The second-order valence-electron chi connectivity index (χ2n) is 5.15. The Kier molecular flexibility index (Phi) is 3.38. The first-order valence-electron chi connectivity index (χ1n) is 6.74. The Bertz CT molecular complexity index is 720. The number of hydrogen-bond acceptors (Lipinski definition) is 2. The fourth-order valence-corrected chi connectivity index (χ4v) is 3.10. The van der Waals surface area contributed by atoms with E-state index in [0.29, 0.717) is 17.1 Å². The number of halogens is 1. The molecule has 1 aliphatic rings. The van der Waals surface area contributed by atoms with Gasteiger partial charge in [0.05, 0.1) is 9.99 Å². The number of benzene rings is 1. The van der Waals surface area contributed by atoms with Crippen molar-refractivity contribution in [1.29, 1.82) is 0 Å². The lowest BCUT2D eigenvalue weighted by atomic mass is 9.99. The summed E-state index contributed by atoms with van der Waals surface area (Å²) in [6.07, 6.45) is 3.50. The van der Waals surface area contributed by atoms with Gasteiger partial charge in [0.25, 0.3) is 11.4 Å². The Balaban J connectivity index is 2.28. The summed E-state index contributed by atoms with van der Waals surface area (Å²) in [7, 11) is 0. The van der Waals surface area contributed by atoms with Crippen molar-refractivity contribution in [3.63, 3.8) is 0 Å². The minimum absolute atomic E-state index is 0.528. The molecule has 0 amide bonds. The molecule has 1 heterocycles. The lowest BCUT2D eigenvalue weighted by molar-refractivity contribution is -0.496. The van der Waals surface area contributed by atoms with Crippen LogP contribution in [0.4, 0.5) is 0 Å². The summed E-state index contributed by atoms with van der Waals surface area (Å²) in [5.41, 5.74) is 3.38. The maximum Gasteiger partial charge on any atom is 0.292 e. The molecule has 0 aliphatic heterocycles. The molecule has 104 valence electrons. The van der Waals surface area contributed by atoms with Crippen LogP contribution in [0.25, 0.3) is 11.3 Å². The fourth-order valence-electron chi connectivity index (χ4n) is 2.84. The second kappa shape index (κ2) is 5.05. The topological polar surface area (TPSA) is 48.1 Å². The lowest BCUT2D eigenvalue weighted by Gasteiger charge is -2.15. The molecular weight excluding hydrogens is 320 g/mol. The van der Waals surface area contributed by atoms with Crippen LogP contribution >= 0.6 is 15.9 Å². The monoisotopic (exact) mass is 335 g/mol. The van der Waals surface area contributed by atoms with Gasteiger partial charge in [0.2, 0.25) is 0 Å². The Morgan fingerprint density at radius 2 is 1.85 bits per heavy atom. The highest BCUT2D eigenvalue weighted by Gasteiger charge is 2.30. The molecule has 0 bridgehead atoms. The third-order valence-electron chi connectivity index (χ3n) is 3.89. The highest BCUT2D eigenvalue weighted by Crippen LogP contribution is 2.25. The van der Waals surface area contributed by atoms with Crippen LogP contribution in [-0.2, 0) is 12.8 Å². The van der Waals surface area contributed by atoms with Gasteiger partial charge in [-0.05, 0) is 50.5 Å². The summed E-state index contributed by atoms with van der Waals surface area (Å²) in [6.45, 7) is 1.78. The molecule has 0 saturated heterocycles. The van der Waals surface area contributed by atoms with Crippen molar-refractivity contribution in [3.8, 4) is 11.3 Å². The molecule has 0 fully saturated rings. The molecule has 1 aliphatic carbocycles. The Morgan fingerprint density at radius 1 is 1.20 bits per heavy atom. The number of nitrogens with zero attached hydrogens (tertiary/aromatic N) is 2. The van der Waals surface area contributed by atoms with Crippen LogP contribution in [0.5, 0.6) is 0 Å². The summed E-state index contributed by atoms with van der Waals surface area (Å²) >= 11 is 3.39. The van der Waals surface area contributed by atoms with E-state index in [1.165, 1.54) is 4.73 Å². The standard InChI is InChI=1S/C15H16BrN2O2/c1-10-15(11-6-8-12(16)9-7-11)18(20)14-5-3-2-4-13(14)17(10)19/h6-9,19H,2-5H2,1H3/q+1. The zero-order chi connectivity index (χ0) is 14.3. The molecule has 20 heavy (non-hydrogen) atoms. The third kappa shape index (κ3) is 2.06. The van der Waals surface area contributed by atoms with Crippen LogP contribution in [0.3, 0.4) is 0 Å². The van der Waals surface area contributed by atoms with Gasteiger partial charge < -0.3 is 5.21 Å². The van der Waals surface area contributed by atoms with E-state index in [1.807, 2.05) is 24.3 Å². The molecule has 4 nitrogen and oxygen atoms in total. The van der Waals surface area contributed by atoms with E-state index in [0.717, 1.165) is 45.8 Å². The van der Waals surface area contributed by atoms with Crippen LogP contribution in [0.1, 0.15) is 29.9 Å². The van der Waals surface area contributed by atoms with Gasteiger partial charge in [-0.15, -0.1) is 0 Å². The molecule has 2 aromatic rings. The molecule has 0 saturated carbocycles. The number of aromatic nitrogens is 2. The van der Waals surface area contributed by atoms with Crippen molar-refractivity contribution in [3.05, 3.63) is 50.7 Å². The van der Waals surface area contributed by atoms with Crippen LogP contribution < -0.4 is 4.43 Å². The van der Waals surface area contributed by atoms with Crippen molar-refractivity contribution >= 4 is 15.9 Å². The third-order valence-corrected chi connectivity index (χ3v) is 4.42. The second-order valence-corrected chi connectivity index (χ2v) is 6.06. The zero-order valence-corrected chi connectivity index (χ0v) is 12.9. The maximum atomic E-state index is 12.7. The predicted molar refractivity (Wildman–Crippen MR) is 79.5 cm³/mol. The SMILES string of the molecule is Cc1c(-c2ccc(Br)cc2)[n+](=O)c2c(n1O)CCCC2. The molecule has 1 aromatic carbocycles. The van der Waals surface area contributed by atoms with Crippen LogP contribution in [0.2, 0.25) is 0 Å². The van der Waals surface area contributed by atoms with E-state index < -0.39 is 0 Å². The molecule has 0 spiro atoms. The van der Waals surface area contributed by atoms with E-state index in [-0.39, 0.29) is 0 Å². The van der Waals surface area contributed by atoms with E-state index in [1.54, 1.807) is 6.92 Å². The number of fused-ring (bicyclic) bond motifs is 1. The zero-order valence-electron chi connectivity index (χ0n) is 11.3. The molecule has 5 heteroatoms. The van der Waals surface area contributed by atoms with E-state index in [4.69, 9.17) is 0 Å². The van der Waals surface area contributed by atoms with Crippen LogP contribution in [0.15, 0.2) is 28.7 Å². The number of rotatable bonds is 1. The van der Waals surface area contributed by atoms with Gasteiger partial charge >= 0.3 is 0 Å². The minimum atomic E-state index is 0.528. The predicted octanol–water partition coefficient (Wildman–Crippen LogP) is 3.26. The lowest BCUT2D eigenvalue weighted by Crippen LogP contribution is -2.33. The molecule has 0 unspecified atom stereocenters. The van der Waals surface area contributed by atoms with Gasteiger partial charge in [0.15, 0.2) is 0 Å². The average Bonchev–Trinajstić information content (AvgIpc) is 2.47. The smallest absolute Gasteiger partial charge is 0.292 e. The van der Waals surface area contributed by atoms with Crippen molar-refractivity contribution in [1.82, 2.24) is 4.73 Å². The normalized spacial score (nSPS) is 14.1. The van der Waals surface area contributed by atoms with Gasteiger partial charge in [-0.3, -0.25) is 0 Å². The highest BCUT2D eigenvalue weighted by molar-refractivity contribution is 9.10. The van der Waals surface area contributed by atoms with Gasteiger partial charge in [-0.1, -0.05) is 15.9 Å². The van der Waals surface area contributed by atoms with E-state index in [2.05, 4.69) is 15.9 Å². The maximum absolute atomic E-state index is 12.7. The van der Waals surface area contributed by atoms with Gasteiger partial charge in [0.1, 0.15) is 11.4 Å². The first-order valence-corrected chi connectivity index (χ1v) is 7.54. The number of hydrogen-bond donors (Lipinski definition) is 1. The van der Waals surface area contributed by atoms with Crippen molar-refractivity contribution in [2.75, 3.05) is 0 Å². The molecule has 0 radical (unpaired) electrons. The van der Waals surface area contributed by atoms with Crippen LogP contribution in [0, 0.1) is 11.8 Å². The first-order chi connectivity index (χ1) is 9.59. The van der Waals surface area contributed by atoms with E-state index >= 15 is 0 Å². The van der Waals surface area contributed by atoms with Crippen molar-refractivity contribution in [2.45, 2.75) is 32.6 Å². The van der Waals surface area contributed by atoms with Gasteiger partial charge in [0, 0.05) is 15.8 Å². The minimum Gasteiger partial charge on any atom is -0.428 e. The summed E-state index contributed by atoms with van der Waals surface area (Å²) < 4.78 is 3.16. The first kappa shape index (κ1) is 13.4.